The van der Waals surface area contributed by atoms with Gasteiger partial charge in [-0.25, -0.2) is 4.79 Å². The van der Waals surface area contributed by atoms with E-state index in [1.54, 1.807) is 18.4 Å². The minimum absolute atomic E-state index is 0.0467. The van der Waals surface area contributed by atoms with Gasteiger partial charge in [-0.3, -0.25) is 0 Å². The smallest absolute Gasteiger partial charge is 0.410 e. The van der Waals surface area contributed by atoms with Gasteiger partial charge in [-0.2, -0.15) is 0 Å². The molecule has 2 aromatic carbocycles. The maximum atomic E-state index is 13.2. The first-order valence-electron chi connectivity index (χ1n) is 11.6. The van der Waals surface area contributed by atoms with Crippen molar-refractivity contribution < 1.29 is 19.1 Å². The number of rotatable bonds is 5. The number of furan rings is 1. The second-order valence-electron chi connectivity index (χ2n) is 8.77. The van der Waals surface area contributed by atoms with Gasteiger partial charge in [0.1, 0.15) is 18.5 Å². The number of aliphatic hydroxyl groups is 1. The van der Waals surface area contributed by atoms with Crippen molar-refractivity contribution >= 4 is 6.09 Å². The number of carbonyl (C=O) groups is 1. The van der Waals surface area contributed by atoms with Gasteiger partial charge in [-0.15, -0.1) is 0 Å². The Labute approximate surface area is 188 Å². The molecule has 2 heterocycles. The molecule has 2 unspecified atom stereocenters. The summed E-state index contributed by atoms with van der Waals surface area (Å²) in [6, 6.07) is 20.2. The van der Waals surface area contributed by atoms with Crippen molar-refractivity contribution in [1.29, 1.82) is 0 Å². The van der Waals surface area contributed by atoms with Crippen LogP contribution in [0.4, 0.5) is 4.79 Å². The van der Waals surface area contributed by atoms with Gasteiger partial charge < -0.3 is 19.2 Å². The highest BCUT2D eigenvalue weighted by Crippen LogP contribution is 2.44. The van der Waals surface area contributed by atoms with Crippen molar-refractivity contribution in [2.75, 3.05) is 13.2 Å². The molecule has 2 atom stereocenters. The molecule has 1 saturated heterocycles. The van der Waals surface area contributed by atoms with Crippen LogP contribution in [-0.2, 0) is 4.74 Å². The molecule has 1 aromatic heterocycles. The molecule has 0 bridgehead atoms. The van der Waals surface area contributed by atoms with Crippen LogP contribution in [-0.4, -0.2) is 35.3 Å². The van der Waals surface area contributed by atoms with E-state index in [0.717, 1.165) is 25.7 Å². The lowest BCUT2D eigenvalue weighted by atomic mass is 9.98. The molecule has 0 saturated carbocycles. The highest BCUT2D eigenvalue weighted by molar-refractivity contribution is 5.79. The molecule has 5 rings (SSSR count). The van der Waals surface area contributed by atoms with Crippen LogP contribution >= 0.6 is 0 Å². The van der Waals surface area contributed by atoms with Gasteiger partial charge in [0, 0.05) is 24.9 Å². The Hall–Kier alpha value is -3.05. The van der Waals surface area contributed by atoms with E-state index in [2.05, 4.69) is 36.4 Å². The second kappa shape index (κ2) is 9.21. The Morgan fingerprint density at radius 1 is 1.00 bits per heavy atom. The van der Waals surface area contributed by atoms with E-state index in [0.29, 0.717) is 25.3 Å². The van der Waals surface area contributed by atoms with E-state index in [1.807, 2.05) is 17.0 Å². The summed E-state index contributed by atoms with van der Waals surface area (Å²) >= 11 is 0. The number of carbonyl (C=O) groups excluding carboxylic acids is 1. The van der Waals surface area contributed by atoms with Gasteiger partial charge in [0.25, 0.3) is 0 Å². The molecule has 1 aliphatic heterocycles. The third kappa shape index (κ3) is 4.05. The Morgan fingerprint density at radius 2 is 1.72 bits per heavy atom. The Balaban J connectivity index is 1.30. The number of ether oxygens (including phenoxy) is 1. The lowest BCUT2D eigenvalue weighted by molar-refractivity contribution is 0.0600. The monoisotopic (exact) mass is 431 g/mol. The molecule has 5 nitrogen and oxygen atoms in total. The van der Waals surface area contributed by atoms with E-state index in [1.165, 1.54) is 22.3 Å². The third-order valence-corrected chi connectivity index (χ3v) is 6.81. The molecule has 5 heteroatoms. The van der Waals surface area contributed by atoms with Gasteiger partial charge in [-0.1, -0.05) is 61.4 Å². The molecule has 1 amide bonds. The molecule has 1 fully saturated rings. The fraction of sp³-hybridized carbons (Fsp3) is 0.370. The highest BCUT2D eigenvalue weighted by atomic mass is 16.6. The fourth-order valence-corrected chi connectivity index (χ4v) is 5.19. The van der Waals surface area contributed by atoms with Crippen LogP contribution in [0.1, 0.15) is 61.0 Å². The summed E-state index contributed by atoms with van der Waals surface area (Å²) in [5.41, 5.74) is 4.86. The standard InChI is InChI=1S/C27H29NO4/c29-25(26-14-8-16-31-26)17-19-9-2-1-7-15-28(19)27(30)32-18-24-22-12-5-3-10-20(22)21-11-4-6-13-23(21)24/h3-6,8,10-14,16,19,24-25,29H,1-2,7,9,15,17-18H2. The number of hydrogen-bond donors (Lipinski definition) is 1. The van der Waals surface area contributed by atoms with Crippen LogP contribution < -0.4 is 0 Å². The number of likely N-dealkylation sites (tertiary alicyclic amines) is 1. The minimum atomic E-state index is -0.725. The fourth-order valence-electron chi connectivity index (χ4n) is 5.19. The molecular weight excluding hydrogens is 402 g/mol. The van der Waals surface area contributed by atoms with Crippen molar-refractivity contribution in [3.8, 4) is 11.1 Å². The summed E-state index contributed by atoms with van der Waals surface area (Å²) in [5, 5.41) is 10.6. The largest absolute Gasteiger partial charge is 0.467 e. The number of amides is 1. The van der Waals surface area contributed by atoms with Crippen LogP contribution in [0, 0.1) is 0 Å². The quantitative estimate of drug-likeness (QED) is 0.547. The van der Waals surface area contributed by atoms with Crippen LogP contribution in [0.2, 0.25) is 0 Å². The van der Waals surface area contributed by atoms with Crippen molar-refractivity contribution in [3.05, 3.63) is 83.8 Å². The van der Waals surface area contributed by atoms with Crippen LogP contribution in [0.25, 0.3) is 11.1 Å². The summed E-state index contributed by atoms with van der Waals surface area (Å²) in [6.07, 6.45) is 4.96. The molecule has 1 aliphatic carbocycles. The molecular formula is C27H29NO4. The van der Waals surface area contributed by atoms with Gasteiger partial charge in [-0.05, 0) is 47.2 Å². The average Bonchev–Trinajstić information content (AvgIpc) is 3.40. The predicted octanol–water partition coefficient (Wildman–Crippen LogP) is 5.90. The SMILES string of the molecule is O=C(OCC1c2ccccc2-c2ccccc21)N1CCCCCC1CC(O)c1ccco1. The molecule has 166 valence electrons. The summed E-state index contributed by atoms with van der Waals surface area (Å²) in [6.45, 7) is 0.975. The van der Waals surface area contributed by atoms with Gasteiger partial charge in [0.05, 0.1) is 6.26 Å². The zero-order chi connectivity index (χ0) is 21.9. The normalized spacial score (nSPS) is 19.2. The van der Waals surface area contributed by atoms with Gasteiger partial charge in [0.2, 0.25) is 0 Å². The number of nitrogens with zero attached hydrogens (tertiary/aromatic N) is 1. The van der Waals surface area contributed by atoms with E-state index >= 15 is 0 Å². The third-order valence-electron chi connectivity index (χ3n) is 6.81. The number of aliphatic hydroxyl groups excluding tert-OH is 1. The van der Waals surface area contributed by atoms with E-state index in [9.17, 15) is 9.90 Å². The Kier molecular flexibility index (Phi) is 5.99. The first-order valence-corrected chi connectivity index (χ1v) is 11.6. The van der Waals surface area contributed by atoms with Crippen LogP contribution in [0.15, 0.2) is 71.3 Å². The lowest BCUT2D eigenvalue weighted by Gasteiger charge is -2.31. The summed E-state index contributed by atoms with van der Waals surface area (Å²) in [4.78, 5) is 15.0. The second-order valence-corrected chi connectivity index (χ2v) is 8.77. The maximum Gasteiger partial charge on any atom is 0.410 e. The average molecular weight is 432 g/mol. The predicted molar refractivity (Wildman–Crippen MR) is 122 cm³/mol. The summed E-state index contributed by atoms with van der Waals surface area (Å²) in [7, 11) is 0. The summed E-state index contributed by atoms with van der Waals surface area (Å²) < 4.78 is 11.3. The molecule has 0 spiro atoms. The van der Waals surface area contributed by atoms with Gasteiger partial charge >= 0.3 is 6.09 Å². The van der Waals surface area contributed by atoms with Crippen molar-refractivity contribution in [2.45, 2.75) is 50.2 Å². The zero-order valence-electron chi connectivity index (χ0n) is 18.2. The molecule has 1 N–H and O–H groups in total. The minimum Gasteiger partial charge on any atom is -0.467 e. The Morgan fingerprint density at radius 3 is 2.41 bits per heavy atom. The van der Waals surface area contributed by atoms with Crippen LogP contribution in [0.3, 0.4) is 0 Å². The topological polar surface area (TPSA) is 62.9 Å². The van der Waals surface area contributed by atoms with E-state index < -0.39 is 6.10 Å². The van der Waals surface area contributed by atoms with Crippen molar-refractivity contribution in [3.63, 3.8) is 0 Å². The molecule has 0 radical (unpaired) electrons. The number of hydrogen-bond acceptors (Lipinski definition) is 4. The van der Waals surface area contributed by atoms with Crippen molar-refractivity contribution in [1.82, 2.24) is 4.90 Å². The molecule has 32 heavy (non-hydrogen) atoms. The lowest BCUT2D eigenvalue weighted by Crippen LogP contribution is -2.41. The number of benzene rings is 2. The van der Waals surface area contributed by atoms with Crippen LogP contribution in [0.5, 0.6) is 0 Å². The Bertz CT molecular complexity index is 1020. The van der Waals surface area contributed by atoms with E-state index in [-0.39, 0.29) is 18.1 Å². The summed E-state index contributed by atoms with van der Waals surface area (Å²) in [5.74, 6) is 0.590. The maximum absolute atomic E-state index is 13.2. The molecule has 2 aliphatic rings. The highest BCUT2D eigenvalue weighted by Gasteiger charge is 2.32. The van der Waals surface area contributed by atoms with Crippen molar-refractivity contribution in [2.24, 2.45) is 0 Å². The van der Waals surface area contributed by atoms with E-state index in [4.69, 9.17) is 9.15 Å². The first kappa shape index (κ1) is 20.8. The number of fused-ring (bicyclic) bond motifs is 3. The zero-order valence-corrected chi connectivity index (χ0v) is 18.2. The van der Waals surface area contributed by atoms with Gasteiger partial charge in [0.15, 0.2) is 0 Å². The first-order chi connectivity index (χ1) is 15.7. The molecule has 3 aromatic rings.